The molecule has 0 saturated carbocycles. The second-order valence-electron chi connectivity index (χ2n) is 5.10. The molecule has 0 radical (unpaired) electrons. The molecule has 21 heavy (non-hydrogen) atoms. The molecule has 1 aliphatic rings. The zero-order valence-corrected chi connectivity index (χ0v) is 11.9. The van der Waals surface area contributed by atoms with Gasteiger partial charge in [-0.25, -0.2) is 9.97 Å². The Bertz CT molecular complexity index is 580. The van der Waals surface area contributed by atoms with Gasteiger partial charge in [-0.05, 0) is 6.07 Å². The third-order valence-corrected chi connectivity index (χ3v) is 3.67. The molecule has 0 unspecified atom stereocenters. The fraction of sp³-hybridized carbons (Fsp3) is 0.312. The van der Waals surface area contributed by atoms with E-state index in [0.29, 0.717) is 6.54 Å². The summed E-state index contributed by atoms with van der Waals surface area (Å²) in [5, 5.41) is 0. The average Bonchev–Trinajstić information content (AvgIpc) is 2.57. The zero-order valence-electron chi connectivity index (χ0n) is 11.9. The van der Waals surface area contributed by atoms with Crippen molar-refractivity contribution in [2.45, 2.75) is 0 Å². The van der Waals surface area contributed by atoms with E-state index in [1.54, 1.807) is 12.4 Å². The van der Waals surface area contributed by atoms with E-state index in [1.165, 1.54) is 0 Å². The first-order valence-corrected chi connectivity index (χ1v) is 7.15. The molecule has 0 spiro atoms. The van der Waals surface area contributed by atoms with Gasteiger partial charge < -0.3 is 4.90 Å². The number of ketones is 1. The fourth-order valence-corrected chi connectivity index (χ4v) is 2.48. The predicted molar refractivity (Wildman–Crippen MR) is 81.5 cm³/mol. The van der Waals surface area contributed by atoms with Gasteiger partial charge in [0.15, 0.2) is 5.78 Å². The quantitative estimate of drug-likeness (QED) is 0.795. The molecule has 1 aromatic carbocycles. The summed E-state index contributed by atoms with van der Waals surface area (Å²) in [6.45, 7) is 3.90. The van der Waals surface area contributed by atoms with Crippen LogP contribution in [0.25, 0.3) is 0 Å². The molecule has 0 N–H and O–H groups in total. The Hall–Kier alpha value is -2.27. The van der Waals surface area contributed by atoms with E-state index in [0.717, 1.165) is 37.7 Å². The first-order chi connectivity index (χ1) is 10.3. The van der Waals surface area contributed by atoms with E-state index >= 15 is 0 Å². The van der Waals surface area contributed by atoms with Gasteiger partial charge in [-0.1, -0.05) is 30.3 Å². The summed E-state index contributed by atoms with van der Waals surface area (Å²) < 4.78 is 0. The van der Waals surface area contributed by atoms with E-state index in [9.17, 15) is 4.79 Å². The largest absolute Gasteiger partial charge is 0.338 e. The van der Waals surface area contributed by atoms with Crippen LogP contribution in [0.4, 0.5) is 5.95 Å². The van der Waals surface area contributed by atoms with Gasteiger partial charge in [-0.2, -0.15) is 0 Å². The maximum Gasteiger partial charge on any atom is 0.225 e. The fourth-order valence-electron chi connectivity index (χ4n) is 2.48. The van der Waals surface area contributed by atoms with Gasteiger partial charge in [-0.3, -0.25) is 9.69 Å². The van der Waals surface area contributed by atoms with Crippen LogP contribution >= 0.6 is 0 Å². The van der Waals surface area contributed by atoms with Crippen LogP contribution in [0, 0.1) is 0 Å². The number of carbonyl (C=O) groups is 1. The zero-order chi connectivity index (χ0) is 14.5. The Labute approximate surface area is 124 Å². The lowest BCUT2D eigenvalue weighted by Gasteiger charge is -2.34. The van der Waals surface area contributed by atoms with Crippen LogP contribution in [-0.2, 0) is 0 Å². The third-order valence-electron chi connectivity index (χ3n) is 3.67. The van der Waals surface area contributed by atoms with E-state index in [4.69, 9.17) is 0 Å². The normalized spacial score (nSPS) is 15.9. The number of hydrogen-bond donors (Lipinski definition) is 0. The van der Waals surface area contributed by atoms with Crippen molar-refractivity contribution in [3.05, 3.63) is 54.4 Å². The Morgan fingerprint density at radius 1 is 0.952 bits per heavy atom. The molecule has 3 rings (SSSR count). The molecule has 1 aliphatic heterocycles. The van der Waals surface area contributed by atoms with Crippen molar-refractivity contribution in [3.63, 3.8) is 0 Å². The Kier molecular flexibility index (Phi) is 4.21. The van der Waals surface area contributed by atoms with Crippen molar-refractivity contribution >= 4 is 11.7 Å². The van der Waals surface area contributed by atoms with Crippen LogP contribution in [0.15, 0.2) is 48.8 Å². The first kappa shape index (κ1) is 13.7. The minimum absolute atomic E-state index is 0.181. The predicted octanol–water partition coefficient (Wildman–Crippen LogP) is 1.48. The van der Waals surface area contributed by atoms with Crippen molar-refractivity contribution in [1.82, 2.24) is 14.9 Å². The highest BCUT2D eigenvalue weighted by Crippen LogP contribution is 2.10. The van der Waals surface area contributed by atoms with Crippen LogP contribution in [0.3, 0.4) is 0 Å². The summed E-state index contributed by atoms with van der Waals surface area (Å²) in [5.74, 6) is 0.951. The minimum Gasteiger partial charge on any atom is -0.338 e. The lowest BCUT2D eigenvalue weighted by atomic mass is 10.1. The minimum atomic E-state index is 0.181. The number of Topliss-reactive ketones (excluding diaryl/α,β-unsaturated/α-hetero) is 1. The van der Waals surface area contributed by atoms with Crippen LogP contribution in [0.2, 0.25) is 0 Å². The van der Waals surface area contributed by atoms with Gasteiger partial charge in [0.05, 0.1) is 6.54 Å². The number of aromatic nitrogens is 2. The number of hydrogen-bond acceptors (Lipinski definition) is 5. The van der Waals surface area contributed by atoms with Gasteiger partial charge in [-0.15, -0.1) is 0 Å². The molecule has 0 atom stereocenters. The summed E-state index contributed by atoms with van der Waals surface area (Å²) in [5.41, 5.74) is 0.784. The Morgan fingerprint density at radius 2 is 1.62 bits per heavy atom. The molecule has 2 heterocycles. The van der Waals surface area contributed by atoms with E-state index in [2.05, 4.69) is 19.8 Å². The second kappa shape index (κ2) is 6.45. The summed E-state index contributed by atoms with van der Waals surface area (Å²) in [6.07, 6.45) is 3.52. The summed E-state index contributed by atoms with van der Waals surface area (Å²) in [7, 11) is 0. The van der Waals surface area contributed by atoms with Crippen molar-refractivity contribution in [1.29, 1.82) is 0 Å². The lowest BCUT2D eigenvalue weighted by Crippen LogP contribution is -2.48. The standard InChI is InChI=1S/C16H18N4O/c21-15(14-5-2-1-3-6-14)13-19-9-11-20(12-10-19)16-17-7-4-8-18-16/h1-8H,9-13H2. The van der Waals surface area contributed by atoms with Crippen LogP contribution in [0.1, 0.15) is 10.4 Å². The average molecular weight is 282 g/mol. The van der Waals surface area contributed by atoms with Crippen molar-refractivity contribution in [3.8, 4) is 0 Å². The summed E-state index contributed by atoms with van der Waals surface area (Å²) in [4.78, 5) is 25.1. The van der Waals surface area contributed by atoms with Crippen LogP contribution in [-0.4, -0.2) is 53.4 Å². The van der Waals surface area contributed by atoms with E-state index in [1.807, 2.05) is 36.4 Å². The Balaban J connectivity index is 1.53. The highest BCUT2D eigenvalue weighted by Gasteiger charge is 2.20. The molecular formula is C16H18N4O. The third kappa shape index (κ3) is 3.44. The highest BCUT2D eigenvalue weighted by molar-refractivity contribution is 5.97. The lowest BCUT2D eigenvalue weighted by molar-refractivity contribution is 0.0926. The SMILES string of the molecule is O=C(CN1CCN(c2ncccn2)CC1)c1ccccc1. The summed E-state index contributed by atoms with van der Waals surface area (Å²) >= 11 is 0. The highest BCUT2D eigenvalue weighted by atomic mass is 16.1. The smallest absolute Gasteiger partial charge is 0.225 e. The number of carbonyl (C=O) groups excluding carboxylic acids is 1. The van der Waals surface area contributed by atoms with Gasteiger partial charge in [0.1, 0.15) is 0 Å². The first-order valence-electron chi connectivity index (χ1n) is 7.15. The molecule has 0 bridgehead atoms. The van der Waals surface area contributed by atoms with E-state index < -0.39 is 0 Å². The molecule has 108 valence electrons. The maximum absolute atomic E-state index is 12.2. The van der Waals surface area contributed by atoms with Crippen LogP contribution < -0.4 is 4.90 Å². The summed E-state index contributed by atoms with van der Waals surface area (Å²) in [6, 6.07) is 11.3. The molecular weight excluding hydrogens is 264 g/mol. The molecule has 0 aliphatic carbocycles. The molecule has 5 heteroatoms. The number of anilines is 1. The molecule has 2 aromatic rings. The van der Waals surface area contributed by atoms with Gasteiger partial charge in [0.25, 0.3) is 0 Å². The van der Waals surface area contributed by atoms with Crippen LogP contribution in [0.5, 0.6) is 0 Å². The number of benzene rings is 1. The molecule has 1 aromatic heterocycles. The van der Waals surface area contributed by atoms with Crippen molar-refractivity contribution in [2.24, 2.45) is 0 Å². The van der Waals surface area contributed by atoms with Gasteiger partial charge in [0.2, 0.25) is 5.95 Å². The molecule has 1 saturated heterocycles. The number of nitrogens with zero attached hydrogens (tertiary/aromatic N) is 4. The topological polar surface area (TPSA) is 49.3 Å². The molecule has 1 fully saturated rings. The van der Waals surface area contributed by atoms with Crippen molar-refractivity contribution < 1.29 is 4.79 Å². The monoisotopic (exact) mass is 282 g/mol. The molecule has 5 nitrogen and oxygen atoms in total. The second-order valence-corrected chi connectivity index (χ2v) is 5.10. The van der Waals surface area contributed by atoms with Gasteiger partial charge >= 0.3 is 0 Å². The Morgan fingerprint density at radius 3 is 2.29 bits per heavy atom. The number of piperazine rings is 1. The van der Waals surface area contributed by atoms with E-state index in [-0.39, 0.29) is 5.78 Å². The van der Waals surface area contributed by atoms with Crippen molar-refractivity contribution in [2.75, 3.05) is 37.6 Å². The molecule has 0 amide bonds. The number of rotatable bonds is 4. The maximum atomic E-state index is 12.2. The van der Waals surface area contributed by atoms with Gasteiger partial charge in [0, 0.05) is 44.1 Å².